The van der Waals surface area contributed by atoms with E-state index in [-0.39, 0.29) is 29.9 Å². The molecule has 1 amide bonds. The molecule has 4 aromatic rings. The molecule has 3 aromatic carbocycles. The number of amides is 1. The maximum Gasteiger partial charge on any atom is 0.311 e. The molecule has 6 rings (SSSR count). The highest BCUT2D eigenvalue weighted by atomic mass is 32.2. The van der Waals surface area contributed by atoms with E-state index in [1.807, 2.05) is 84.7 Å². The highest BCUT2D eigenvalue weighted by Crippen LogP contribution is 2.45. The van der Waals surface area contributed by atoms with E-state index in [9.17, 15) is 14.4 Å². The van der Waals surface area contributed by atoms with Gasteiger partial charge in [0.15, 0.2) is 0 Å². The van der Waals surface area contributed by atoms with Crippen LogP contribution in [0.4, 0.5) is 11.4 Å². The van der Waals surface area contributed by atoms with Crippen molar-refractivity contribution in [1.82, 2.24) is 4.57 Å². The number of rotatable bonds is 5. The number of nitrogens with zero attached hydrogens (tertiary/aromatic N) is 4. The van der Waals surface area contributed by atoms with Crippen molar-refractivity contribution < 1.29 is 14.3 Å². The largest absolute Gasteiger partial charge is 0.466 e. The van der Waals surface area contributed by atoms with E-state index in [1.54, 1.807) is 23.6 Å². The van der Waals surface area contributed by atoms with Crippen LogP contribution in [0.15, 0.2) is 99.7 Å². The quantitative estimate of drug-likeness (QED) is 0.342. The summed E-state index contributed by atoms with van der Waals surface area (Å²) in [5.41, 5.74) is 2.39. The molecule has 8 nitrogen and oxygen atoms in total. The second-order valence-corrected chi connectivity index (χ2v) is 11.0. The molecule has 0 radical (unpaired) electrons. The number of fused-ring (bicyclic) bond motifs is 1. The lowest BCUT2D eigenvalue weighted by Crippen LogP contribution is -2.35. The minimum atomic E-state index is -0.497. The highest BCUT2D eigenvalue weighted by molar-refractivity contribution is 8.08. The van der Waals surface area contributed by atoms with Crippen LogP contribution in [0, 0.1) is 0 Å². The van der Waals surface area contributed by atoms with Gasteiger partial charge in [-0.3, -0.25) is 19.0 Å². The summed E-state index contributed by atoms with van der Waals surface area (Å²) >= 11 is 2.75. The predicted molar refractivity (Wildman–Crippen MR) is 159 cm³/mol. The SMILES string of the molecule is CCOC(=O)CC1=NN(c2ccccc2)C(=O)/C1=c1/s/c(=C2/Sc3ccccc3N2C)c(=O)n1-c1ccccc1. The average molecular weight is 569 g/mol. The molecule has 1 aromatic heterocycles. The maximum atomic E-state index is 14.2. The number of carbonyl (C=O) groups excluding carboxylic acids is 2. The zero-order valence-electron chi connectivity index (χ0n) is 21.7. The highest BCUT2D eigenvalue weighted by Gasteiger charge is 2.35. The van der Waals surface area contributed by atoms with Crippen LogP contribution in [-0.4, -0.2) is 35.8 Å². The lowest BCUT2D eigenvalue weighted by atomic mass is 10.1. The molecule has 200 valence electrons. The molecule has 0 saturated heterocycles. The van der Waals surface area contributed by atoms with Gasteiger partial charge < -0.3 is 9.64 Å². The molecular weight excluding hydrogens is 544 g/mol. The van der Waals surface area contributed by atoms with Crippen molar-refractivity contribution in [3.8, 4) is 5.69 Å². The fraction of sp³-hybridized carbons (Fsp3) is 0.133. The number of ether oxygens (including phenoxy) is 1. The maximum absolute atomic E-state index is 14.2. The van der Waals surface area contributed by atoms with Gasteiger partial charge in [0.2, 0.25) is 0 Å². The number of esters is 1. The number of hydrazone groups is 1. The lowest BCUT2D eigenvalue weighted by Gasteiger charge is -2.11. The van der Waals surface area contributed by atoms with E-state index < -0.39 is 11.9 Å². The Morgan fingerprint density at radius 1 is 0.900 bits per heavy atom. The standard InChI is InChI=1S/C30H24N4O4S2/c1-3-38-24(35)18-21-25(27(36)34(31-21)20-14-8-5-9-15-20)29-33(19-12-6-4-7-13-19)28(37)26(40-29)30-32(2)22-16-10-11-17-23(22)39-30/h4-17H,3,18H2,1-2H3/b29-25+,30-26+. The first-order valence-electron chi connectivity index (χ1n) is 12.7. The number of hydrogen-bond donors (Lipinski definition) is 0. The van der Waals surface area contributed by atoms with E-state index in [0.717, 1.165) is 15.6 Å². The average Bonchev–Trinajstić information content (AvgIpc) is 3.60. The molecular formula is C30H24N4O4S2. The summed E-state index contributed by atoms with van der Waals surface area (Å²) in [5, 5.41) is 6.63. The van der Waals surface area contributed by atoms with Crippen LogP contribution in [0.2, 0.25) is 0 Å². The minimum absolute atomic E-state index is 0.203. The molecule has 0 N–H and O–H groups in total. The van der Waals surface area contributed by atoms with Crippen LogP contribution in [0.1, 0.15) is 13.3 Å². The van der Waals surface area contributed by atoms with Crippen molar-refractivity contribution in [2.75, 3.05) is 23.6 Å². The predicted octanol–water partition coefficient (Wildman–Crippen LogP) is 3.71. The fourth-order valence-corrected chi connectivity index (χ4v) is 7.18. The summed E-state index contributed by atoms with van der Waals surface area (Å²) in [6.07, 6.45) is -0.203. The molecule has 0 spiro atoms. The Kier molecular flexibility index (Phi) is 6.87. The number of aromatic nitrogens is 1. The lowest BCUT2D eigenvalue weighted by molar-refractivity contribution is -0.141. The van der Waals surface area contributed by atoms with Crippen molar-refractivity contribution in [2.24, 2.45) is 5.10 Å². The zero-order valence-corrected chi connectivity index (χ0v) is 23.4. The summed E-state index contributed by atoms with van der Waals surface area (Å²) in [7, 11) is 1.93. The Morgan fingerprint density at radius 2 is 1.55 bits per heavy atom. The normalized spacial score (nSPS) is 17.2. The van der Waals surface area contributed by atoms with Crippen LogP contribution in [-0.2, 0) is 14.3 Å². The molecule has 2 aliphatic rings. The van der Waals surface area contributed by atoms with Gasteiger partial charge in [-0.15, -0.1) is 11.3 Å². The molecule has 0 saturated carbocycles. The fourth-order valence-electron chi connectivity index (χ4n) is 4.67. The summed E-state index contributed by atoms with van der Waals surface area (Å²) in [6, 6.07) is 26.2. The van der Waals surface area contributed by atoms with Crippen molar-refractivity contribution >= 4 is 62.7 Å². The van der Waals surface area contributed by atoms with Gasteiger partial charge in [-0.2, -0.15) is 10.1 Å². The summed E-state index contributed by atoms with van der Waals surface area (Å²) in [6.45, 7) is 1.93. The molecule has 40 heavy (non-hydrogen) atoms. The number of benzene rings is 3. The van der Waals surface area contributed by atoms with Gasteiger partial charge in [0, 0.05) is 11.9 Å². The van der Waals surface area contributed by atoms with Gasteiger partial charge in [-0.25, -0.2) is 0 Å². The number of thioether (sulfide) groups is 1. The Balaban J connectivity index is 1.65. The number of hydrogen-bond acceptors (Lipinski definition) is 8. The van der Waals surface area contributed by atoms with Gasteiger partial charge in [0.25, 0.3) is 11.5 Å². The third kappa shape index (κ3) is 4.44. The van der Waals surface area contributed by atoms with Gasteiger partial charge in [0.05, 0.1) is 35.8 Å². The first-order chi connectivity index (χ1) is 19.5. The third-order valence-electron chi connectivity index (χ3n) is 6.49. The summed E-state index contributed by atoms with van der Waals surface area (Å²) in [4.78, 5) is 43.8. The second-order valence-electron chi connectivity index (χ2n) is 9.00. The third-order valence-corrected chi connectivity index (χ3v) is 9.01. The van der Waals surface area contributed by atoms with Gasteiger partial charge in [-0.05, 0) is 43.3 Å². The Bertz CT molecular complexity index is 1850. The van der Waals surface area contributed by atoms with Crippen LogP contribution < -0.4 is 24.7 Å². The molecule has 3 heterocycles. The van der Waals surface area contributed by atoms with E-state index in [0.29, 0.717) is 20.6 Å². The molecule has 0 bridgehead atoms. The zero-order chi connectivity index (χ0) is 27.8. The molecule has 2 aliphatic heterocycles. The van der Waals surface area contributed by atoms with Crippen LogP contribution >= 0.6 is 23.1 Å². The van der Waals surface area contributed by atoms with E-state index >= 15 is 0 Å². The topological polar surface area (TPSA) is 84.2 Å². The molecule has 0 aliphatic carbocycles. The Hall–Kier alpha value is -4.41. The van der Waals surface area contributed by atoms with E-state index in [1.165, 1.54) is 28.1 Å². The summed E-state index contributed by atoms with van der Waals surface area (Å²) in [5.74, 6) is -0.911. The van der Waals surface area contributed by atoms with Crippen molar-refractivity contribution in [3.63, 3.8) is 0 Å². The molecule has 10 heteroatoms. The van der Waals surface area contributed by atoms with Crippen molar-refractivity contribution in [1.29, 1.82) is 0 Å². The van der Waals surface area contributed by atoms with Gasteiger partial charge in [0.1, 0.15) is 19.8 Å². The summed E-state index contributed by atoms with van der Waals surface area (Å²) < 4.78 is 7.65. The minimum Gasteiger partial charge on any atom is -0.466 e. The van der Waals surface area contributed by atoms with E-state index in [4.69, 9.17) is 4.74 Å². The van der Waals surface area contributed by atoms with Crippen LogP contribution in [0.5, 0.6) is 0 Å². The first kappa shape index (κ1) is 25.8. The smallest absolute Gasteiger partial charge is 0.311 e. The van der Waals surface area contributed by atoms with Gasteiger partial charge >= 0.3 is 5.97 Å². The monoisotopic (exact) mass is 568 g/mol. The van der Waals surface area contributed by atoms with Crippen molar-refractivity contribution in [2.45, 2.75) is 18.2 Å². The number of anilines is 2. The molecule has 0 fully saturated rings. The second kappa shape index (κ2) is 10.6. The van der Waals surface area contributed by atoms with Crippen molar-refractivity contribution in [3.05, 3.63) is 104 Å². The Morgan fingerprint density at radius 3 is 2.23 bits per heavy atom. The molecule has 0 atom stereocenters. The van der Waals surface area contributed by atoms with Crippen LogP contribution in [0.25, 0.3) is 16.3 Å². The first-order valence-corrected chi connectivity index (χ1v) is 14.3. The Labute approximate surface area is 238 Å². The van der Waals surface area contributed by atoms with E-state index in [2.05, 4.69) is 5.10 Å². The number of carbonyl (C=O) groups is 2. The molecule has 0 unspecified atom stereocenters. The van der Waals surface area contributed by atoms with Crippen LogP contribution in [0.3, 0.4) is 0 Å². The number of para-hydroxylation sites is 3. The number of thiazole rings is 1. The van der Waals surface area contributed by atoms with Gasteiger partial charge in [-0.1, -0.05) is 60.3 Å².